The Bertz CT molecular complexity index is 1460. The second-order valence-corrected chi connectivity index (χ2v) is 7.95. The first kappa shape index (κ1) is 21.3. The molecule has 164 valence electrons. The molecule has 0 unspecified atom stereocenters. The molecule has 34 heavy (non-hydrogen) atoms. The van der Waals surface area contributed by atoms with Gasteiger partial charge in [-0.1, -0.05) is 91.0 Å². The quantitative estimate of drug-likeness (QED) is 0.142. The zero-order chi connectivity index (χ0) is 23.3. The molecule has 0 aliphatic heterocycles. The minimum absolute atomic E-state index is 0.0340. The molecular formula is C30H22NO3+. The molecule has 0 fully saturated rings. The van der Waals surface area contributed by atoms with Crippen LogP contribution in [-0.4, -0.2) is 11.8 Å². The Morgan fingerprint density at radius 1 is 0.647 bits per heavy atom. The molecule has 5 rings (SSSR count). The van der Waals surface area contributed by atoms with Crippen molar-refractivity contribution in [3.05, 3.63) is 133 Å². The maximum atomic E-state index is 13.4. The molecule has 0 spiro atoms. The van der Waals surface area contributed by atoms with Gasteiger partial charge in [0.05, 0.1) is 5.39 Å². The van der Waals surface area contributed by atoms with E-state index in [4.69, 9.17) is 4.74 Å². The molecule has 1 heterocycles. The van der Waals surface area contributed by atoms with Crippen LogP contribution in [-0.2, 0) is 6.54 Å². The summed E-state index contributed by atoms with van der Waals surface area (Å²) in [6.45, 7) is 0.0340. The third kappa shape index (κ3) is 4.48. The number of pyridine rings is 1. The fraction of sp³-hybridized carbons (Fsp3) is 0.0333. The lowest BCUT2D eigenvalue weighted by molar-refractivity contribution is -0.684. The second-order valence-electron chi connectivity index (χ2n) is 7.95. The minimum atomic E-state index is -0.509. The summed E-state index contributed by atoms with van der Waals surface area (Å²) in [5, 5.41) is 1.63. The number of benzene rings is 4. The van der Waals surface area contributed by atoms with Gasteiger partial charge in [-0.15, -0.1) is 0 Å². The maximum Gasteiger partial charge on any atom is 0.409 e. The molecule has 0 saturated heterocycles. The number of ether oxygens (including phenoxy) is 1. The van der Waals surface area contributed by atoms with Gasteiger partial charge in [-0.2, -0.15) is 4.57 Å². The number of ketones is 1. The predicted molar refractivity (Wildman–Crippen MR) is 132 cm³/mol. The van der Waals surface area contributed by atoms with Crippen LogP contribution in [0, 0.1) is 0 Å². The van der Waals surface area contributed by atoms with Gasteiger partial charge in [-0.25, -0.2) is 4.79 Å². The monoisotopic (exact) mass is 444 g/mol. The Labute approximate surface area is 197 Å². The molecule has 0 saturated carbocycles. The first-order valence-electron chi connectivity index (χ1n) is 11.1. The Hall–Kier alpha value is -4.57. The van der Waals surface area contributed by atoms with E-state index in [-0.39, 0.29) is 12.3 Å². The van der Waals surface area contributed by atoms with E-state index in [2.05, 4.69) is 0 Å². The molecule has 5 aromatic rings. The van der Waals surface area contributed by atoms with Gasteiger partial charge in [0, 0.05) is 11.6 Å². The van der Waals surface area contributed by atoms with Crippen LogP contribution < -0.4 is 9.30 Å². The fourth-order valence-electron chi connectivity index (χ4n) is 3.99. The number of hydrogen-bond donors (Lipinski definition) is 0. The van der Waals surface area contributed by atoms with E-state index in [9.17, 15) is 9.59 Å². The lowest BCUT2D eigenvalue weighted by Gasteiger charge is -2.09. The number of esters is 1. The minimum Gasteiger partial charge on any atom is -0.419 e. The highest BCUT2D eigenvalue weighted by Crippen LogP contribution is 2.23. The highest BCUT2D eigenvalue weighted by molar-refractivity contribution is 6.02. The maximum absolute atomic E-state index is 13.4. The zero-order valence-corrected chi connectivity index (χ0v) is 18.4. The van der Waals surface area contributed by atoms with Crippen LogP contribution in [0.3, 0.4) is 0 Å². The number of rotatable bonds is 6. The number of fused-ring (bicyclic) bond motifs is 1. The molecule has 1 aromatic heterocycles. The van der Waals surface area contributed by atoms with E-state index in [1.807, 2.05) is 91.0 Å². The number of nitrogens with zero attached hydrogens (tertiary/aromatic N) is 1. The normalized spacial score (nSPS) is 10.7. The van der Waals surface area contributed by atoms with Crippen molar-refractivity contribution >= 4 is 22.5 Å². The highest BCUT2D eigenvalue weighted by Gasteiger charge is 2.27. The van der Waals surface area contributed by atoms with E-state index in [0.29, 0.717) is 17.0 Å². The average Bonchev–Trinajstić information content (AvgIpc) is 2.90. The number of aromatic nitrogens is 1. The molecule has 0 aliphatic carbocycles. The van der Waals surface area contributed by atoms with Crippen LogP contribution in [0.2, 0.25) is 0 Å². The summed E-state index contributed by atoms with van der Waals surface area (Å²) in [5.74, 6) is -0.147. The van der Waals surface area contributed by atoms with Crippen molar-refractivity contribution in [3.8, 4) is 16.9 Å². The molecule has 0 radical (unpaired) electrons. The Balaban J connectivity index is 1.46. The average molecular weight is 445 g/mol. The van der Waals surface area contributed by atoms with Gasteiger partial charge in [0.25, 0.3) is 5.69 Å². The van der Waals surface area contributed by atoms with Gasteiger partial charge >= 0.3 is 5.97 Å². The van der Waals surface area contributed by atoms with E-state index >= 15 is 0 Å². The number of hydrogen-bond acceptors (Lipinski definition) is 3. The van der Waals surface area contributed by atoms with Crippen LogP contribution >= 0.6 is 0 Å². The van der Waals surface area contributed by atoms with Crippen molar-refractivity contribution < 1.29 is 18.9 Å². The molecular weight excluding hydrogens is 422 g/mol. The third-order valence-corrected chi connectivity index (χ3v) is 5.71. The molecule has 0 aliphatic rings. The Morgan fingerprint density at radius 3 is 2.00 bits per heavy atom. The van der Waals surface area contributed by atoms with E-state index in [1.54, 1.807) is 35.0 Å². The highest BCUT2D eigenvalue weighted by atomic mass is 16.5. The summed E-state index contributed by atoms with van der Waals surface area (Å²) in [5.41, 5.74) is 3.06. The van der Waals surface area contributed by atoms with Crippen LogP contribution in [0.4, 0.5) is 0 Å². The summed E-state index contributed by atoms with van der Waals surface area (Å²) >= 11 is 0. The topological polar surface area (TPSA) is 47.2 Å². The lowest BCUT2D eigenvalue weighted by atomic mass is 10.1. The van der Waals surface area contributed by atoms with Crippen LogP contribution in [0.25, 0.3) is 21.9 Å². The molecule has 4 heteroatoms. The van der Waals surface area contributed by atoms with E-state index in [0.717, 1.165) is 21.9 Å². The fourth-order valence-corrected chi connectivity index (χ4v) is 3.99. The first-order valence-corrected chi connectivity index (χ1v) is 11.1. The summed E-state index contributed by atoms with van der Waals surface area (Å²) in [4.78, 5) is 26.3. The summed E-state index contributed by atoms with van der Waals surface area (Å²) in [7, 11) is 0. The van der Waals surface area contributed by atoms with Gasteiger partial charge < -0.3 is 4.74 Å². The SMILES string of the molecule is O=C(C[n+]1ccc2ccccc2c1C(=O)Oc1ccc(-c2ccccc2)cc1)c1ccccc1. The van der Waals surface area contributed by atoms with Gasteiger partial charge in [-0.3, -0.25) is 4.79 Å². The molecule has 4 nitrogen and oxygen atoms in total. The van der Waals surface area contributed by atoms with Crippen molar-refractivity contribution in [1.29, 1.82) is 0 Å². The van der Waals surface area contributed by atoms with Gasteiger partial charge in [-0.05, 0) is 34.7 Å². The van der Waals surface area contributed by atoms with Crippen molar-refractivity contribution in [3.63, 3.8) is 0 Å². The Kier molecular flexibility index (Phi) is 5.95. The van der Waals surface area contributed by atoms with Crippen molar-refractivity contribution in [2.75, 3.05) is 0 Å². The van der Waals surface area contributed by atoms with E-state index < -0.39 is 5.97 Å². The molecule has 4 aromatic carbocycles. The lowest BCUT2D eigenvalue weighted by Crippen LogP contribution is -2.44. The van der Waals surface area contributed by atoms with Crippen LogP contribution in [0.5, 0.6) is 5.75 Å². The van der Waals surface area contributed by atoms with Crippen LogP contribution in [0.15, 0.2) is 121 Å². The second kappa shape index (κ2) is 9.51. The molecule has 0 amide bonds. The van der Waals surface area contributed by atoms with Gasteiger partial charge in [0.1, 0.15) is 5.75 Å². The van der Waals surface area contributed by atoms with Crippen molar-refractivity contribution in [1.82, 2.24) is 0 Å². The first-order chi connectivity index (χ1) is 16.7. The van der Waals surface area contributed by atoms with E-state index in [1.165, 1.54) is 0 Å². The third-order valence-electron chi connectivity index (χ3n) is 5.71. The predicted octanol–water partition coefficient (Wildman–Crippen LogP) is 5.90. The molecule has 0 N–H and O–H groups in total. The summed E-state index contributed by atoms with van der Waals surface area (Å²) < 4.78 is 7.42. The Morgan fingerprint density at radius 2 is 1.26 bits per heavy atom. The zero-order valence-electron chi connectivity index (χ0n) is 18.4. The molecule has 0 bridgehead atoms. The van der Waals surface area contributed by atoms with Crippen LogP contribution in [0.1, 0.15) is 20.8 Å². The van der Waals surface area contributed by atoms with Crippen molar-refractivity contribution in [2.45, 2.75) is 6.54 Å². The standard InChI is InChI=1S/C30H22NO3/c32-28(25-12-5-2-6-13-25)21-31-20-19-24-11-7-8-14-27(24)29(31)30(33)34-26-17-15-23(16-18-26)22-9-3-1-4-10-22/h1-20H,21H2/q+1. The number of carbonyl (C=O) groups excluding carboxylic acids is 2. The van der Waals surface area contributed by atoms with Crippen molar-refractivity contribution in [2.24, 2.45) is 0 Å². The smallest absolute Gasteiger partial charge is 0.409 e. The summed E-state index contributed by atoms with van der Waals surface area (Å²) in [6, 6.07) is 36.0. The number of carbonyl (C=O) groups is 2. The summed E-state index contributed by atoms with van der Waals surface area (Å²) in [6.07, 6.45) is 1.76. The molecule has 0 atom stereocenters. The van der Waals surface area contributed by atoms with Gasteiger partial charge in [0.15, 0.2) is 6.20 Å². The van der Waals surface area contributed by atoms with Gasteiger partial charge in [0.2, 0.25) is 12.3 Å². The largest absolute Gasteiger partial charge is 0.419 e. The number of Topliss-reactive ketones (excluding diaryl/α,β-unsaturated/α-hetero) is 1.